The fourth-order valence-corrected chi connectivity index (χ4v) is 1.44. The molecule has 0 bridgehead atoms. The van der Waals surface area contributed by atoms with Crippen LogP contribution in [0.25, 0.3) is 0 Å². The molecule has 5 nitrogen and oxygen atoms in total. The first kappa shape index (κ1) is 12.8. The van der Waals surface area contributed by atoms with Crippen molar-refractivity contribution in [1.82, 2.24) is 4.98 Å². The molecule has 0 saturated heterocycles. The first-order valence-electron chi connectivity index (χ1n) is 5.47. The molecular weight excluding hydrogens is 247 g/mol. The molecule has 1 aromatic heterocycles. The molecule has 96 valence electrons. The SMILES string of the molecule is N#Cc1ccc(OCc2ccc(NN)nc2)c(F)c1. The number of nitriles is 1. The molecule has 6 heteroatoms. The average molecular weight is 258 g/mol. The number of nitrogen functional groups attached to an aromatic ring is 1. The number of aromatic nitrogens is 1. The van der Waals surface area contributed by atoms with Gasteiger partial charge in [-0.3, -0.25) is 0 Å². The van der Waals surface area contributed by atoms with Crippen LogP contribution in [-0.2, 0) is 6.61 Å². The second kappa shape index (κ2) is 5.80. The van der Waals surface area contributed by atoms with Crippen LogP contribution in [0.2, 0.25) is 0 Å². The second-order valence-electron chi connectivity index (χ2n) is 3.74. The molecule has 1 aromatic carbocycles. The summed E-state index contributed by atoms with van der Waals surface area (Å²) in [6.07, 6.45) is 1.58. The van der Waals surface area contributed by atoms with Crippen LogP contribution in [0.5, 0.6) is 5.75 Å². The summed E-state index contributed by atoms with van der Waals surface area (Å²) in [5, 5.41) is 8.63. The predicted molar refractivity (Wildman–Crippen MR) is 67.5 cm³/mol. The van der Waals surface area contributed by atoms with Gasteiger partial charge in [-0.15, -0.1) is 0 Å². The number of anilines is 1. The van der Waals surface area contributed by atoms with Gasteiger partial charge in [0.15, 0.2) is 11.6 Å². The zero-order valence-electron chi connectivity index (χ0n) is 9.93. The standard InChI is InChI=1S/C13H11FN4O/c14-11-5-9(6-15)1-3-12(11)19-8-10-2-4-13(18-16)17-7-10/h1-5,7H,8,16H2,(H,17,18). The topological polar surface area (TPSA) is 84.0 Å². The summed E-state index contributed by atoms with van der Waals surface area (Å²) in [6, 6.07) is 9.37. The van der Waals surface area contributed by atoms with Gasteiger partial charge in [-0.25, -0.2) is 15.2 Å². The first-order chi connectivity index (χ1) is 9.22. The van der Waals surface area contributed by atoms with Gasteiger partial charge in [0.2, 0.25) is 0 Å². The van der Waals surface area contributed by atoms with Crippen molar-refractivity contribution in [3.63, 3.8) is 0 Å². The van der Waals surface area contributed by atoms with Crippen molar-refractivity contribution in [3.05, 3.63) is 53.5 Å². The van der Waals surface area contributed by atoms with Crippen LogP contribution in [0.3, 0.4) is 0 Å². The fraction of sp³-hybridized carbons (Fsp3) is 0.0769. The molecule has 3 N–H and O–H groups in total. The van der Waals surface area contributed by atoms with E-state index >= 15 is 0 Å². The summed E-state index contributed by atoms with van der Waals surface area (Å²) in [7, 11) is 0. The van der Waals surface area contributed by atoms with E-state index in [1.807, 2.05) is 6.07 Å². The van der Waals surface area contributed by atoms with Crippen LogP contribution in [0.15, 0.2) is 36.5 Å². The van der Waals surface area contributed by atoms with E-state index in [2.05, 4.69) is 10.4 Å². The lowest BCUT2D eigenvalue weighted by Crippen LogP contribution is -2.08. The van der Waals surface area contributed by atoms with E-state index in [0.717, 1.165) is 11.6 Å². The molecule has 0 radical (unpaired) electrons. The molecule has 0 aliphatic carbocycles. The van der Waals surface area contributed by atoms with Crippen LogP contribution in [0.1, 0.15) is 11.1 Å². The number of nitrogens with zero attached hydrogens (tertiary/aromatic N) is 2. The predicted octanol–water partition coefficient (Wildman–Crippen LogP) is 1.96. The minimum Gasteiger partial charge on any atom is -0.486 e. The quantitative estimate of drug-likeness (QED) is 0.647. The third kappa shape index (κ3) is 3.18. The number of halogens is 1. The van der Waals surface area contributed by atoms with Crippen molar-refractivity contribution >= 4 is 5.82 Å². The third-order valence-electron chi connectivity index (χ3n) is 2.43. The molecule has 0 aliphatic rings. The molecule has 2 aromatic rings. The Hall–Kier alpha value is -2.65. The van der Waals surface area contributed by atoms with E-state index < -0.39 is 5.82 Å². The minimum atomic E-state index is -0.563. The Bertz CT molecular complexity index is 607. The van der Waals surface area contributed by atoms with E-state index in [-0.39, 0.29) is 17.9 Å². The summed E-state index contributed by atoms with van der Waals surface area (Å²) < 4.78 is 18.9. The molecule has 0 amide bonds. The van der Waals surface area contributed by atoms with E-state index in [1.54, 1.807) is 18.3 Å². The van der Waals surface area contributed by atoms with E-state index in [0.29, 0.717) is 5.82 Å². The number of nitrogens with two attached hydrogens (primary N) is 1. The van der Waals surface area contributed by atoms with Gasteiger partial charge >= 0.3 is 0 Å². The molecule has 1 heterocycles. The van der Waals surface area contributed by atoms with Gasteiger partial charge in [0.25, 0.3) is 0 Å². The molecule has 0 atom stereocenters. The van der Waals surface area contributed by atoms with Crippen LogP contribution in [0, 0.1) is 17.1 Å². The number of rotatable bonds is 4. The Morgan fingerprint density at radius 2 is 2.21 bits per heavy atom. The highest BCUT2D eigenvalue weighted by molar-refractivity contribution is 5.36. The number of hydrogen-bond acceptors (Lipinski definition) is 5. The van der Waals surface area contributed by atoms with Gasteiger partial charge in [0.1, 0.15) is 12.4 Å². The van der Waals surface area contributed by atoms with Crippen LogP contribution < -0.4 is 16.0 Å². The zero-order chi connectivity index (χ0) is 13.7. The van der Waals surface area contributed by atoms with Crippen molar-refractivity contribution in [2.75, 3.05) is 5.43 Å². The second-order valence-corrected chi connectivity index (χ2v) is 3.74. The monoisotopic (exact) mass is 258 g/mol. The number of benzene rings is 1. The van der Waals surface area contributed by atoms with Crippen LogP contribution in [-0.4, -0.2) is 4.98 Å². The number of hydrazine groups is 1. The minimum absolute atomic E-state index is 0.0972. The Kier molecular flexibility index (Phi) is 3.90. The summed E-state index contributed by atoms with van der Waals surface area (Å²) in [6.45, 7) is 0.181. The molecule has 0 aliphatic heterocycles. The Morgan fingerprint density at radius 1 is 1.37 bits per heavy atom. The normalized spacial score (nSPS) is 9.74. The molecule has 0 fully saturated rings. The van der Waals surface area contributed by atoms with Crippen LogP contribution in [0.4, 0.5) is 10.2 Å². The number of pyridine rings is 1. The van der Waals surface area contributed by atoms with Gasteiger partial charge < -0.3 is 10.2 Å². The van der Waals surface area contributed by atoms with Gasteiger partial charge in [-0.05, 0) is 24.3 Å². The molecule has 2 rings (SSSR count). The van der Waals surface area contributed by atoms with Crippen molar-refractivity contribution in [2.45, 2.75) is 6.61 Å². The Labute approximate surface area is 109 Å². The first-order valence-corrected chi connectivity index (χ1v) is 5.47. The van der Waals surface area contributed by atoms with Crippen molar-refractivity contribution < 1.29 is 9.13 Å². The molecular formula is C13H11FN4O. The fourth-order valence-electron chi connectivity index (χ4n) is 1.44. The molecule has 19 heavy (non-hydrogen) atoms. The largest absolute Gasteiger partial charge is 0.486 e. The lowest BCUT2D eigenvalue weighted by Gasteiger charge is -2.07. The average Bonchev–Trinajstić information content (AvgIpc) is 2.46. The highest BCUT2D eigenvalue weighted by Crippen LogP contribution is 2.19. The number of hydrogen-bond donors (Lipinski definition) is 2. The lowest BCUT2D eigenvalue weighted by atomic mass is 10.2. The third-order valence-corrected chi connectivity index (χ3v) is 2.43. The number of ether oxygens (including phenoxy) is 1. The summed E-state index contributed by atoms with van der Waals surface area (Å²) >= 11 is 0. The van der Waals surface area contributed by atoms with Gasteiger partial charge in [0.05, 0.1) is 11.6 Å². The highest BCUT2D eigenvalue weighted by atomic mass is 19.1. The molecule has 0 saturated carbocycles. The zero-order valence-corrected chi connectivity index (χ0v) is 9.93. The van der Waals surface area contributed by atoms with Gasteiger partial charge in [-0.2, -0.15) is 5.26 Å². The summed E-state index contributed by atoms with van der Waals surface area (Å²) in [5.74, 6) is 5.26. The van der Waals surface area contributed by atoms with Gasteiger partial charge in [-0.1, -0.05) is 6.07 Å². The molecule has 0 unspecified atom stereocenters. The summed E-state index contributed by atoms with van der Waals surface area (Å²) in [5.41, 5.74) is 3.44. The maximum Gasteiger partial charge on any atom is 0.166 e. The van der Waals surface area contributed by atoms with Gasteiger partial charge in [0, 0.05) is 11.8 Å². The van der Waals surface area contributed by atoms with E-state index in [1.165, 1.54) is 12.1 Å². The van der Waals surface area contributed by atoms with E-state index in [4.69, 9.17) is 15.8 Å². The lowest BCUT2D eigenvalue weighted by molar-refractivity contribution is 0.290. The Morgan fingerprint density at radius 3 is 2.79 bits per heavy atom. The smallest absolute Gasteiger partial charge is 0.166 e. The highest BCUT2D eigenvalue weighted by Gasteiger charge is 2.05. The maximum absolute atomic E-state index is 13.5. The summed E-state index contributed by atoms with van der Waals surface area (Å²) in [4.78, 5) is 4.01. The maximum atomic E-state index is 13.5. The Balaban J connectivity index is 2.04. The van der Waals surface area contributed by atoms with Crippen molar-refractivity contribution in [2.24, 2.45) is 5.84 Å². The van der Waals surface area contributed by atoms with E-state index in [9.17, 15) is 4.39 Å². The molecule has 0 spiro atoms. The van der Waals surface area contributed by atoms with Crippen LogP contribution >= 0.6 is 0 Å². The van der Waals surface area contributed by atoms with Crippen molar-refractivity contribution in [3.8, 4) is 11.8 Å². The number of nitrogens with one attached hydrogen (secondary N) is 1. The van der Waals surface area contributed by atoms with Crippen molar-refractivity contribution in [1.29, 1.82) is 5.26 Å².